The van der Waals surface area contributed by atoms with Crippen molar-refractivity contribution >= 4 is 22.7 Å². The summed E-state index contributed by atoms with van der Waals surface area (Å²) in [5.74, 6) is -0.419. The summed E-state index contributed by atoms with van der Waals surface area (Å²) in [6, 6.07) is 0. The lowest BCUT2D eigenvalue weighted by atomic mass is 10.1. The highest BCUT2D eigenvalue weighted by molar-refractivity contribution is 6.09. The smallest absolute Gasteiger partial charge is 0.341 e. The van der Waals surface area contributed by atoms with Gasteiger partial charge >= 0.3 is 5.97 Å². The molecule has 1 saturated heterocycles. The Bertz CT molecular complexity index is 939. The van der Waals surface area contributed by atoms with E-state index in [0.717, 1.165) is 22.3 Å². The van der Waals surface area contributed by atoms with E-state index in [1.165, 1.54) is 6.20 Å². The van der Waals surface area contributed by atoms with E-state index < -0.39 is 5.97 Å². The zero-order valence-electron chi connectivity index (χ0n) is 16.9. The van der Waals surface area contributed by atoms with Gasteiger partial charge in [-0.1, -0.05) is 13.8 Å². The molecule has 29 heavy (non-hydrogen) atoms. The number of esters is 1. The van der Waals surface area contributed by atoms with Gasteiger partial charge in [-0.15, -0.1) is 0 Å². The zero-order valence-corrected chi connectivity index (χ0v) is 16.9. The lowest BCUT2D eigenvalue weighted by molar-refractivity contribution is 0.0456. The summed E-state index contributed by atoms with van der Waals surface area (Å²) < 4.78 is 10.9. The number of nitrogens with two attached hydrogens (primary N) is 1. The number of morpholine rings is 1. The predicted octanol–water partition coefficient (Wildman–Crippen LogP) is 1.71. The van der Waals surface area contributed by atoms with Crippen molar-refractivity contribution in [1.29, 1.82) is 0 Å². The summed E-state index contributed by atoms with van der Waals surface area (Å²) in [7, 11) is 0. The summed E-state index contributed by atoms with van der Waals surface area (Å²) in [6.45, 7) is 8.17. The normalized spacial score (nSPS) is 16.4. The van der Waals surface area contributed by atoms with Crippen molar-refractivity contribution in [2.45, 2.75) is 26.9 Å². The third kappa shape index (κ3) is 4.08. The van der Waals surface area contributed by atoms with Gasteiger partial charge in [0.05, 0.1) is 42.3 Å². The van der Waals surface area contributed by atoms with Gasteiger partial charge in [0, 0.05) is 37.6 Å². The summed E-state index contributed by atoms with van der Waals surface area (Å²) in [6.07, 6.45) is 4.86. The van der Waals surface area contributed by atoms with Crippen LogP contribution in [0.3, 0.4) is 0 Å². The second-order valence-electron chi connectivity index (χ2n) is 6.20. The molecule has 10 nitrogen and oxygen atoms in total. The van der Waals surface area contributed by atoms with Crippen LogP contribution < -0.4 is 10.6 Å². The molecule has 156 valence electrons. The molecule has 0 amide bonds. The number of aromatic amines is 2. The maximum absolute atomic E-state index is 12.6. The number of pyridine rings is 1. The summed E-state index contributed by atoms with van der Waals surface area (Å²) >= 11 is 0. The third-order valence-corrected chi connectivity index (χ3v) is 4.56. The zero-order chi connectivity index (χ0) is 20.8. The molecule has 1 aliphatic heterocycles. The van der Waals surface area contributed by atoms with Crippen LogP contribution >= 0.6 is 0 Å². The van der Waals surface area contributed by atoms with Crippen LogP contribution in [0.25, 0.3) is 22.3 Å². The molecule has 0 spiro atoms. The number of anilines is 1. The molecule has 0 aliphatic carbocycles. The third-order valence-electron chi connectivity index (χ3n) is 4.56. The van der Waals surface area contributed by atoms with Gasteiger partial charge in [0.2, 0.25) is 0 Å². The first-order valence-electron chi connectivity index (χ1n) is 9.82. The number of carbonyl (C=O) groups excluding carboxylic acids is 1. The minimum absolute atomic E-state index is 0.110. The van der Waals surface area contributed by atoms with E-state index >= 15 is 0 Å². The molecule has 1 fully saturated rings. The largest absolute Gasteiger partial charge is 0.462 e. The maximum Gasteiger partial charge on any atom is 0.341 e. The van der Waals surface area contributed by atoms with E-state index in [1.54, 1.807) is 19.3 Å². The highest BCUT2D eigenvalue weighted by Gasteiger charge is 2.29. The van der Waals surface area contributed by atoms with Crippen molar-refractivity contribution in [3.8, 4) is 11.3 Å². The van der Waals surface area contributed by atoms with E-state index in [-0.39, 0.29) is 12.7 Å². The monoisotopic (exact) mass is 401 g/mol. The average Bonchev–Trinajstić information content (AvgIpc) is 3.44. The highest BCUT2D eigenvalue weighted by Crippen LogP contribution is 2.36. The number of hydrogen-bond acceptors (Lipinski definition) is 8. The van der Waals surface area contributed by atoms with Crippen LogP contribution in [-0.2, 0) is 9.47 Å². The maximum atomic E-state index is 12.6. The topological polar surface area (TPSA) is 135 Å². The molecule has 1 aliphatic rings. The van der Waals surface area contributed by atoms with Crippen molar-refractivity contribution in [2.24, 2.45) is 5.73 Å². The first kappa shape index (κ1) is 20.7. The molecular formula is C19H27N7O3. The number of aromatic nitrogens is 5. The Morgan fingerprint density at radius 3 is 2.93 bits per heavy atom. The van der Waals surface area contributed by atoms with Crippen molar-refractivity contribution in [2.75, 3.05) is 37.7 Å². The van der Waals surface area contributed by atoms with Crippen molar-refractivity contribution < 1.29 is 14.3 Å². The number of nitrogens with one attached hydrogen (secondary N) is 2. The van der Waals surface area contributed by atoms with Gasteiger partial charge in [0.25, 0.3) is 0 Å². The number of hydrogen-bond donors (Lipinski definition) is 3. The molecular weight excluding hydrogens is 374 g/mol. The number of carbonyl (C=O) groups is 1. The second-order valence-corrected chi connectivity index (χ2v) is 6.20. The molecule has 4 rings (SSSR count). The summed E-state index contributed by atoms with van der Waals surface area (Å²) in [4.78, 5) is 19.1. The van der Waals surface area contributed by atoms with Gasteiger partial charge in [-0.2, -0.15) is 10.2 Å². The average molecular weight is 401 g/mol. The number of fused-ring (bicyclic) bond motifs is 1. The Labute approximate surface area is 168 Å². The van der Waals surface area contributed by atoms with Gasteiger partial charge in [-0.3, -0.25) is 10.2 Å². The number of rotatable bonds is 5. The molecule has 0 aromatic carbocycles. The Morgan fingerprint density at radius 2 is 2.24 bits per heavy atom. The molecule has 3 aromatic rings. The Kier molecular flexibility index (Phi) is 6.78. The van der Waals surface area contributed by atoms with Crippen LogP contribution in [-0.4, -0.2) is 70.3 Å². The van der Waals surface area contributed by atoms with E-state index in [2.05, 4.69) is 30.3 Å². The van der Waals surface area contributed by atoms with Crippen molar-refractivity contribution in [1.82, 2.24) is 25.4 Å². The number of H-pyrrole nitrogens is 2. The van der Waals surface area contributed by atoms with Crippen LogP contribution in [0.2, 0.25) is 0 Å². The summed E-state index contributed by atoms with van der Waals surface area (Å²) in [5.41, 5.74) is 9.01. The standard InChI is InChI=1S/C17H21N7O3.C2H6/c1-2-26-17(25)12-8-19-16-13(14(22-23-16)10-6-20-21-7-10)15(12)24-3-4-27-11(5-18)9-24;1-2/h6-8,11H,2-5,9,18H2,1H3,(H,20,21)(H,19,22,23);1-2H3. The fraction of sp³-hybridized carbons (Fsp3) is 0.474. The van der Waals surface area contributed by atoms with Crippen LogP contribution in [0.5, 0.6) is 0 Å². The Balaban J connectivity index is 0.00000117. The van der Waals surface area contributed by atoms with E-state index in [4.69, 9.17) is 15.2 Å². The first-order valence-corrected chi connectivity index (χ1v) is 9.82. The number of ether oxygens (including phenoxy) is 2. The molecule has 4 N–H and O–H groups in total. The van der Waals surface area contributed by atoms with Gasteiger partial charge in [0.1, 0.15) is 5.56 Å². The summed E-state index contributed by atoms with van der Waals surface area (Å²) in [5, 5.41) is 14.9. The SMILES string of the molecule is CC.CCOC(=O)c1cnc2n[nH]c(-c3cn[nH]c3)c2c1N1CCOC(CN)C1. The van der Waals surface area contributed by atoms with Gasteiger partial charge in [0.15, 0.2) is 5.65 Å². The van der Waals surface area contributed by atoms with Crippen molar-refractivity contribution in [3.63, 3.8) is 0 Å². The Morgan fingerprint density at radius 1 is 1.41 bits per heavy atom. The van der Waals surface area contributed by atoms with Gasteiger partial charge in [-0.05, 0) is 6.92 Å². The molecule has 1 unspecified atom stereocenters. The van der Waals surface area contributed by atoms with Gasteiger partial charge in [-0.25, -0.2) is 9.78 Å². The molecule has 0 saturated carbocycles. The molecule has 0 radical (unpaired) electrons. The van der Waals surface area contributed by atoms with Crippen LogP contribution in [0.15, 0.2) is 18.6 Å². The fourth-order valence-corrected chi connectivity index (χ4v) is 3.32. The van der Waals surface area contributed by atoms with Crippen LogP contribution in [0, 0.1) is 0 Å². The highest BCUT2D eigenvalue weighted by atomic mass is 16.5. The minimum Gasteiger partial charge on any atom is -0.462 e. The van der Waals surface area contributed by atoms with E-state index in [0.29, 0.717) is 37.5 Å². The fourth-order valence-electron chi connectivity index (χ4n) is 3.32. The lowest BCUT2D eigenvalue weighted by Crippen LogP contribution is -2.46. The molecule has 0 bridgehead atoms. The first-order chi connectivity index (χ1) is 14.2. The molecule has 4 heterocycles. The molecule has 1 atom stereocenters. The van der Waals surface area contributed by atoms with E-state index in [1.807, 2.05) is 13.8 Å². The molecule has 10 heteroatoms. The van der Waals surface area contributed by atoms with Gasteiger partial charge < -0.3 is 20.1 Å². The number of nitrogens with zero attached hydrogens (tertiary/aromatic N) is 4. The van der Waals surface area contributed by atoms with Crippen LogP contribution in [0.4, 0.5) is 5.69 Å². The molecule has 3 aromatic heterocycles. The predicted molar refractivity (Wildman–Crippen MR) is 110 cm³/mol. The Hall–Kier alpha value is -2.98. The van der Waals surface area contributed by atoms with Crippen molar-refractivity contribution in [3.05, 3.63) is 24.2 Å². The van der Waals surface area contributed by atoms with E-state index in [9.17, 15) is 4.79 Å². The minimum atomic E-state index is -0.419. The van der Waals surface area contributed by atoms with Crippen LogP contribution in [0.1, 0.15) is 31.1 Å². The second kappa shape index (κ2) is 9.48. The quantitative estimate of drug-likeness (QED) is 0.550. The lowest BCUT2D eigenvalue weighted by Gasteiger charge is -2.35.